The molecule has 0 fully saturated rings. The van der Waals surface area contributed by atoms with Crippen LogP contribution in [0.2, 0.25) is 0 Å². The summed E-state index contributed by atoms with van der Waals surface area (Å²) in [5.74, 6) is -5.60. The van der Waals surface area contributed by atoms with Gasteiger partial charge in [0.2, 0.25) is 11.8 Å². The minimum atomic E-state index is -0.780. The van der Waals surface area contributed by atoms with Gasteiger partial charge in [-0.15, -0.1) is 0 Å². The van der Waals surface area contributed by atoms with E-state index in [1.165, 1.54) is 13.8 Å². The maximum atomic E-state index is 14.1. The lowest BCUT2D eigenvalue weighted by Crippen LogP contribution is -2.49. The SMILES string of the molecule is CC(=O)OCCN(CCN(CCOC(C)=O)CC(=O)N(CC(=O)OCc1ccccc1)CC(=O)OCc1ccccc1)CC(=O)N(CC(=O)OCc1ccccc1)CC(=O)OCc1ccccc1. The lowest BCUT2D eigenvalue weighted by Gasteiger charge is -2.30. The number of ether oxygens (including phenoxy) is 6. The molecule has 68 heavy (non-hydrogen) atoms. The highest BCUT2D eigenvalue weighted by Crippen LogP contribution is 2.08. The lowest BCUT2D eigenvalue weighted by atomic mass is 10.2. The molecule has 0 heterocycles. The molecule has 0 spiro atoms. The predicted molar refractivity (Wildman–Crippen MR) is 244 cm³/mol. The summed E-state index contributed by atoms with van der Waals surface area (Å²) >= 11 is 0. The molecule has 0 aromatic heterocycles. The molecule has 2 amide bonds. The highest BCUT2D eigenvalue weighted by molar-refractivity contribution is 5.88. The van der Waals surface area contributed by atoms with Gasteiger partial charge >= 0.3 is 35.8 Å². The van der Waals surface area contributed by atoms with Gasteiger partial charge in [0, 0.05) is 40.0 Å². The van der Waals surface area contributed by atoms with Crippen LogP contribution in [-0.2, 0) is 93.2 Å². The first kappa shape index (κ1) is 53.2. The molecule has 18 nitrogen and oxygen atoms in total. The number of hydrogen-bond donors (Lipinski definition) is 0. The normalized spacial score (nSPS) is 10.7. The van der Waals surface area contributed by atoms with Gasteiger partial charge in [-0.05, 0) is 22.3 Å². The molecule has 0 N–H and O–H groups in total. The van der Waals surface area contributed by atoms with Crippen molar-refractivity contribution in [2.45, 2.75) is 40.3 Å². The Morgan fingerprint density at radius 1 is 0.338 bits per heavy atom. The van der Waals surface area contributed by atoms with Crippen LogP contribution in [0.3, 0.4) is 0 Å². The highest BCUT2D eigenvalue weighted by atomic mass is 16.6. The largest absolute Gasteiger partial charge is 0.465 e. The molecule has 0 aliphatic carbocycles. The number of benzene rings is 4. The smallest absolute Gasteiger partial charge is 0.325 e. The van der Waals surface area contributed by atoms with E-state index in [1.807, 2.05) is 24.3 Å². The molecule has 0 saturated heterocycles. The molecule has 362 valence electrons. The van der Waals surface area contributed by atoms with Gasteiger partial charge in [0.15, 0.2) is 0 Å². The number of nitrogens with zero attached hydrogens (tertiary/aromatic N) is 4. The van der Waals surface area contributed by atoms with Crippen LogP contribution in [-0.4, -0.2) is 146 Å². The summed E-state index contributed by atoms with van der Waals surface area (Å²) in [4.78, 5) is 109. The van der Waals surface area contributed by atoms with E-state index in [2.05, 4.69) is 0 Å². The molecule has 0 bridgehead atoms. The Morgan fingerprint density at radius 3 is 0.824 bits per heavy atom. The Balaban J connectivity index is 1.50. The van der Waals surface area contributed by atoms with Crippen molar-refractivity contribution in [1.82, 2.24) is 19.6 Å². The molecule has 0 atom stereocenters. The molecule has 0 unspecified atom stereocenters. The Kier molecular flexibility index (Phi) is 23.4. The van der Waals surface area contributed by atoms with E-state index >= 15 is 0 Å². The Morgan fingerprint density at radius 2 is 0.588 bits per heavy atom. The van der Waals surface area contributed by atoms with Crippen LogP contribution in [0.25, 0.3) is 0 Å². The molecular weight excluding hydrogens is 881 g/mol. The minimum absolute atomic E-state index is 0.00837. The van der Waals surface area contributed by atoms with Crippen molar-refractivity contribution in [2.24, 2.45) is 0 Å². The van der Waals surface area contributed by atoms with E-state index in [0.29, 0.717) is 22.3 Å². The zero-order chi connectivity index (χ0) is 48.9. The average Bonchev–Trinajstić information content (AvgIpc) is 3.33. The van der Waals surface area contributed by atoms with Gasteiger partial charge in [0.1, 0.15) is 65.8 Å². The van der Waals surface area contributed by atoms with Gasteiger partial charge in [0.05, 0.1) is 13.1 Å². The zero-order valence-electron chi connectivity index (χ0n) is 38.4. The monoisotopic (exact) mass is 938 g/mol. The standard InChI is InChI=1S/C50H58N4O14/c1-39(55)63-27-25-51(29-45(57)53(31-47(59)65-35-41-15-7-3-8-16-41)32-48(60)66-36-42-17-9-4-10-18-42)23-24-52(26-28-64-40(2)56)30-46(58)54(33-49(61)67-37-43-19-11-5-12-20-43)34-50(62)68-38-44-21-13-6-14-22-44/h3-22H,23-38H2,1-2H3. The van der Waals surface area contributed by atoms with Crippen LogP contribution in [0, 0.1) is 0 Å². The molecular formula is C50H58N4O14. The van der Waals surface area contributed by atoms with Crippen molar-refractivity contribution in [3.05, 3.63) is 144 Å². The average molecular weight is 939 g/mol. The van der Waals surface area contributed by atoms with Crippen LogP contribution >= 0.6 is 0 Å². The van der Waals surface area contributed by atoms with Gasteiger partial charge in [-0.3, -0.25) is 48.2 Å². The number of rotatable bonds is 29. The van der Waals surface area contributed by atoms with Crippen LogP contribution in [0.1, 0.15) is 36.1 Å². The summed E-state index contributed by atoms with van der Waals surface area (Å²) in [5, 5.41) is 0. The van der Waals surface area contributed by atoms with Crippen LogP contribution < -0.4 is 0 Å². The first-order valence-corrected chi connectivity index (χ1v) is 21.9. The van der Waals surface area contributed by atoms with Crippen molar-refractivity contribution in [3.63, 3.8) is 0 Å². The summed E-state index contributed by atoms with van der Waals surface area (Å²) in [5.41, 5.74) is 2.85. The number of carbonyl (C=O) groups excluding carboxylic acids is 8. The van der Waals surface area contributed by atoms with Crippen molar-refractivity contribution in [3.8, 4) is 0 Å². The second kappa shape index (κ2) is 30.0. The second-order valence-corrected chi connectivity index (χ2v) is 15.3. The van der Waals surface area contributed by atoms with Gasteiger partial charge in [-0.25, -0.2) is 0 Å². The van der Waals surface area contributed by atoms with Crippen molar-refractivity contribution < 1.29 is 66.8 Å². The van der Waals surface area contributed by atoms with E-state index in [0.717, 1.165) is 9.80 Å². The van der Waals surface area contributed by atoms with Gasteiger partial charge in [-0.2, -0.15) is 0 Å². The molecule has 0 aliphatic heterocycles. The molecule has 0 aliphatic rings. The minimum Gasteiger partial charge on any atom is -0.465 e. The zero-order valence-corrected chi connectivity index (χ0v) is 38.4. The quantitative estimate of drug-likeness (QED) is 0.0566. The fourth-order valence-corrected chi connectivity index (χ4v) is 6.26. The number of esters is 6. The summed E-state index contributed by atoms with van der Waals surface area (Å²) < 4.78 is 32.1. The van der Waals surface area contributed by atoms with Gasteiger partial charge < -0.3 is 38.2 Å². The second-order valence-electron chi connectivity index (χ2n) is 15.3. The Labute approximate surface area is 395 Å². The third-order valence-corrected chi connectivity index (χ3v) is 9.83. The number of amides is 2. The molecule has 4 aromatic carbocycles. The third kappa shape index (κ3) is 22.2. The van der Waals surface area contributed by atoms with Gasteiger partial charge in [0.25, 0.3) is 0 Å². The van der Waals surface area contributed by atoms with Crippen molar-refractivity contribution in [2.75, 3.05) is 78.7 Å². The summed E-state index contributed by atoms with van der Waals surface area (Å²) in [6.45, 7) is -1.20. The van der Waals surface area contributed by atoms with Crippen LogP contribution in [0.4, 0.5) is 0 Å². The van der Waals surface area contributed by atoms with E-state index in [1.54, 1.807) is 107 Å². The van der Waals surface area contributed by atoms with Crippen molar-refractivity contribution in [1.29, 1.82) is 0 Å². The third-order valence-electron chi connectivity index (χ3n) is 9.83. The van der Waals surface area contributed by atoms with E-state index in [4.69, 9.17) is 28.4 Å². The molecule has 0 saturated carbocycles. The maximum Gasteiger partial charge on any atom is 0.325 e. The number of hydrogen-bond acceptors (Lipinski definition) is 16. The lowest BCUT2D eigenvalue weighted by molar-refractivity contribution is -0.156. The fourth-order valence-electron chi connectivity index (χ4n) is 6.26. The molecule has 0 radical (unpaired) electrons. The highest BCUT2D eigenvalue weighted by Gasteiger charge is 2.27. The fraction of sp³-hybridized carbons (Fsp3) is 0.360. The summed E-state index contributed by atoms with van der Waals surface area (Å²) in [6, 6.07) is 35.6. The predicted octanol–water partition coefficient (Wildman–Crippen LogP) is 3.35. The van der Waals surface area contributed by atoms with Crippen LogP contribution in [0.5, 0.6) is 0 Å². The molecule has 4 aromatic rings. The number of carbonyl (C=O) groups is 8. The summed E-state index contributed by atoms with van der Waals surface area (Å²) in [6.07, 6.45) is 0. The first-order valence-electron chi connectivity index (χ1n) is 21.9. The van der Waals surface area contributed by atoms with E-state index in [-0.39, 0.29) is 65.8 Å². The Bertz CT molecular complexity index is 1940. The van der Waals surface area contributed by atoms with Crippen molar-refractivity contribution >= 4 is 47.6 Å². The maximum absolute atomic E-state index is 14.1. The first-order chi connectivity index (χ1) is 32.8. The van der Waals surface area contributed by atoms with Gasteiger partial charge in [-0.1, -0.05) is 121 Å². The Hall–Kier alpha value is -7.44. The molecule has 4 rings (SSSR count). The summed E-state index contributed by atoms with van der Waals surface area (Å²) in [7, 11) is 0. The topological polar surface area (TPSA) is 205 Å². The van der Waals surface area contributed by atoms with E-state index < -0.39 is 86.9 Å². The molecule has 18 heteroatoms. The van der Waals surface area contributed by atoms with Crippen LogP contribution in [0.15, 0.2) is 121 Å². The van der Waals surface area contributed by atoms with E-state index in [9.17, 15) is 38.4 Å².